The molecule has 1 aliphatic rings. The molecule has 1 aromatic heterocycles. The molecule has 0 radical (unpaired) electrons. The van der Waals surface area contributed by atoms with Gasteiger partial charge in [-0.1, -0.05) is 0 Å². The minimum atomic E-state index is -0.884. The van der Waals surface area contributed by atoms with Gasteiger partial charge in [0.2, 0.25) is 0 Å². The Morgan fingerprint density at radius 1 is 1.53 bits per heavy atom. The van der Waals surface area contributed by atoms with Crippen molar-refractivity contribution in [2.45, 2.75) is 18.7 Å². The monoisotopic (exact) mass is 322 g/mol. The standard InChI is InChI=1S/C10H12FIN2O/c11-8-3-4-13-6-9(8)15-7-1-2-10(12)14-5-7/h1-2,5,8-9,13H,3-4,6H2/t8-,9-/m1/s1. The highest BCUT2D eigenvalue weighted by Crippen LogP contribution is 2.17. The molecule has 2 heterocycles. The van der Waals surface area contributed by atoms with Crippen molar-refractivity contribution in [3.8, 4) is 5.75 Å². The van der Waals surface area contributed by atoms with Crippen LogP contribution >= 0.6 is 22.6 Å². The van der Waals surface area contributed by atoms with Crippen LogP contribution < -0.4 is 10.1 Å². The molecule has 2 atom stereocenters. The Balaban J connectivity index is 1.98. The Kier molecular flexibility index (Phi) is 3.74. The van der Waals surface area contributed by atoms with Crippen molar-refractivity contribution in [2.75, 3.05) is 13.1 Å². The van der Waals surface area contributed by atoms with Crippen LogP contribution in [0.1, 0.15) is 6.42 Å². The lowest BCUT2D eigenvalue weighted by Gasteiger charge is -2.27. The maximum Gasteiger partial charge on any atom is 0.142 e. The fourth-order valence-electron chi connectivity index (χ4n) is 1.52. The quantitative estimate of drug-likeness (QED) is 0.666. The van der Waals surface area contributed by atoms with Crippen LogP contribution in [0.4, 0.5) is 4.39 Å². The second kappa shape index (κ2) is 5.07. The number of aromatic nitrogens is 1. The fraction of sp³-hybridized carbons (Fsp3) is 0.500. The van der Waals surface area contributed by atoms with Gasteiger partial charge in [0.05, 0.1) is 6.20 Å². The number of hydrogen-bond donors (Lipinski definition) is 1. The molecule has 0 unspecified atom stereocenters. The van der Waals surface area contributed by atoms with Gasteiger partial charge in [0, 0.05) is 6.54 Å². The summed E-state index contributed by atoms with van der Waals surface area (Å²) in [5.74, 6) is 0.631. The summed E-state index contributed by atoms with van der Waals surface area (Å²) in [5.41, 5.74) is 0. The number of rotatable bonds is 2. The van der Waals surface area contributed by atoms with Crippen LogP contribution in [-0.2, 0) is 0 Å². The predicted octanol–water partition coefficient (Wildman–Crippen LogP) is 1.77. The number of piperidine rings is 1. The third kappa shape index (κ3) is 3.01. The SMILES string of the molecule is F[C@@H]1CCNC[C@H]1Oc1ccc(I)nc1. The Hall–Kier alpha value is -0.430. The van der Waals surface area contributed by atoms with Crippen LogP contribution in [0.15, 0.2) is 18.3 Å². The summed E-state index contributed by atoms with van der Waals surface area (Å²) in [6, 6.07) is 3.66. The Morgan fingerprint density at radius 3 is 3.07 bits per heavy atom. The molecule has 3 nitrogen and oxygen atoms in total. The number of nitrogens with one attached hydrogen (secondary N) is 1. The molecule has 0 aromatic carbocycles. The highest BCUT2D eigenvalue weighted by molar-refractivity contribution is 14.1. The van der Waals surface area contributed by atoms with E-state index >= 15 is 0 Å². The number of nitrogens with zero attached hydrogens (tertiary/aromatic N) is 1. The molecule has 82 valence electrons. The molecule has 0 spiro atoms. The topological polar surface area (TPSA) is 34.1 Å². The number of alkyl halides is 1. The lowest BCUT2D eigenvalue weighted by Crippen LogP contribution is -2.45. The lowest BCUT2D eigenvalue weighted by molar-refractivity contribution is 0.0742. The first-order valence-corrected chi connectivity index (χ1v) is 5.96. The van der Waals surface area contributed by atoms with Crippen molar-refractivity contribution in [1.29, 1.82) is 0 Å². The molecule has 1 aromatic rings. The zero-order valence-electron chi connectivity index (χ0n) is 8.12. The van der Waals surface area contributed by atoms with Crippen LogP contribution in [0, 0.1) is 3.70 Å². The highest BCUT2D eigenvalue weighted by atomic mass is 127. The zero-order valence-corrected chi connectivity index (χ0v) is 10.3. The normalized spacial score (nSPS) is 26.3. The van der Waals surface area contributed by atoms with E-state index in [-0.39, 0.29) is 6.10 Å². The predicted molar refractivity (Wildman–Crippen MR) is 63.8 cm³/mol. The second-order valence-corrected chi connectivity index (χ2v) is 4.59. The Morgan fingerprint density at radius 2 is 2.40 bits per heavy atom. The van der Waals surface area contributed by atoms with Crippen LogP contribution in [-0.4, -0.2) is 30.3 Å². The van der Waals surface area contributed by atoms with Crippen molar-refractivity contribution in [1.82, 2.24) is 10.3 Å². The summed E-state index contributed by atoms with van der Waals surface area (Å²) >= 11 is 2.12. The fourth-order valence-corrected chi connectivity index (χ4v) is 1.84. The molecule has 1 fully saturated rings. The maximum atomic E-state index is 13.4. The number of hydrogen-bond acceptors (Lipinski definition) is 3. The zero-order chi connectivity index (χ0) is 10.7. The smallest absolute Gasteiger partial charge is 0.142 e. The molecule has 1 saturated heterocycles. The number of halogens is 2. The van der Waals surface area contributed by atoms with Crippen LogP contribution in [0.25, 0.3) is 0 Å². The van der Waals surface area contributed by atoms with Gasteiger partial charge in [-0.05, 0) is 47.7 Å². The number of pyridine rings is 1. The van der Waals surface area contributed by atoms with E-state index in [2.05, 4.69) is 32.9 Å². The number of ether oxygens (including phenoxy) is 1. The van der Waals surface area contributed by atoms with E-state index in [4.69, 9.17) is 4.74 Å². The first kappa shape index (κ1) is 11.1. The first-order valence-electron chi connectivity index (χ1n) is 4.89. The summed E-state index contributed by atoms with van der Waals surface area (Å²) in [6.07, 6.45) is 0.872. The summed E-state index contributed by atoms with van der Waals surface area (Å²) in [4.78, 5) is 4.09. The van der Waals surface area contributed by atoms with Gasteiger partial charge < -0.3 is 10.1 Å². The van der Waals surface area contributed by atoms with E-state index in [1.54, 1.807) is 6.20 Å². The molecule has 2 rings (SSSR count). The van der Waals surface area contributed by atoms with Crippen LogP contribution in [0.2, 0.25) is 0 Å². The van der Waals surface area contributed by atoms with Gasteiger partial charge in [0.1, 0.15) is 21.7 Å². The van der Waals surface area contributed by atoms with E-state index in [0.717, 1.165) is 10.2 Å². The van der Waals surface area contributed by atoms with Crippen molar-refractivity contribution in [2.24, 2.45) is 0 Å². The minimum Gasteiger partial charge on any atom is -0.484 e. The van der Waals surface area contributed by atoms with Gasteiger partial charge >= 0.3 is 0 Å². The third-order valence-electron chi connectivity index (χ3n) is 2.33. The van der Waals surface area contributed by atoms with Crippen molar-refractivity contribution < 1.29 is 9.13 Å². The highest BCUT2D eigenvalue weighted by Gasteiger charge is 2.26. The first-order chi connectivity index (χ1) is 7.25. The van der Waals surface area contributed by atoms with E-state index in [9.17, 15) is 4.39 Å². The average molecular weight is 322 g/mol. The Labute approximate surface area is 102 Å². The second-order valence-electron chi connectivity index (χ2n) is 3.48. The third-order valence-corrected chi connectivity index (χ3v) is 2.97. The molecule has 1 aliphatic heterocycles. The molecular weight excluding hydrogens is 310 g/mol. The van der Waals surface area contributed by atoms with E-state index in [0.29, 0.717) is 18.7 Å². The molecule has 5 heteroatoms. The van der Waals surface area contributed by atoms with Crippen molar-refractivity contribution >= 4 is 22.6 Å². The molecule has 0 amide bonds. The van der Waals surface area contributed by atoms with Gasteiger partial charge in [-0.25, -0.2) is 9.37 Å². The minimum absolute atomic E-state index is 0.388. The van der Waals surface area contributed by atoms with Crippen LogP contribution in [0.5, 0.6) is 5.75 Å². The summed E-state index contributed by atoms with van der Waals surface area (Å²) in [5, 5.41) is 3.11. The maximum absolute atomic E-state index is 13.4. The molecular formula is C10H12FIN2O. The molecule has 15 heavy (non-hydrogen) atoms. The van der Waals surface area contributed by atoms with E-state index < -0.39 is 6.17 Å². The Bertz CT molecular complexity index is 320. The summed E-state index contributed by atoms with van der Waals surface area (Å²) in [6.45, 7) is 1.29. The van der Waals surface area contributed by atoms with E-state index in [1.807, 2.05) is 12.1 Å². The molecule has 0 saturated carbocycles. The van der Waals surface area contributed by atoms with Crippen LogP contribution in [0.3, 0.4) is 0 Å². The molecule has 1 N–H and O–H groups in total. The average Bonchev–Trinajstić information content (AvgIpc) is 2.25. The van der Waals surface area contributed by atoms with E-state index in [1.165, 1.54) is 0 Å². The van der Waals surface area contributed by atoms with Gasteiger partial charge in [0.15, 0.2) is 0 Å². The van der Waals surface area contributed by atoms with Gasteiger partial charge in [0.25, 0.3) is 0 Å². The summed E-state index contributed by atoms with van der Waals surface area (Å²) in [7, 11) is 0. The lowest BCUT2D eigenvalue weighted by atomic mass is 10.1. The summed E-state index contributed by atoms with van der Waals surface area (Å²) < 4.78 is 19.8. The largest absolute Gasteiger partial charge is 0.484 e. The molecule has 0 bridgehead atoms. The van der Waals surface area contributed by atoms with Crippen molar-refractivity contribution in [3.05, 3.63) is 22.0 Å². The van der Waals surface area contributed by atoms with Gasteiger partial charge in [-0.15, -0.1) is 0 Å². The van der Waals surface area contributed by atoms with Gasteiger partial charge in [-0.3, -0.25) is 0 Å². The molecule has 0 aliphatic carbocycles. The van der Waals surface area contributed by atoms with Gasteiger partial charge in [-0.2, -0.15) is 0 Å². The van der Waals surface area contributed by atoms with Crippen molar-refractivity contribution in [3.63, 3.8) is 0 Å².